The summed E-state index contributed by atoms with van der Waals surface area (Å²) >= 11 is 0. The van der Waals surface area contributed by atoms with E-state index < -0.39 is 0 Å². The van der Waals surface area contributed by atoms with Crippen molar-refractivity contribution < 1.29 is 0 Å². The third kappa shape index (κ3) is 4.10. The van der Waals surface area contributed by atoms with Gasteiger partial charge in [0.2, 0.25) is 5.95 Å². The van der Waals surface area contributed by atoms with Gasteiger partial charge in [0.15, 0.2) is 0 Å². The number of pyridine rings is 1. The second-order valence-electron chi connectivity index (χ2n) is 6.73. The molecule has 3 aromatic heterocycles. The second kappa shape index (κ2) is 8.55. The number of aromatic nitrogens is 5. The molecule has 0 saturated carbocycles. The van der Waals surface area contributed by atoms with Crippen molar-refractivity contribution in [2.24, 2.45) is 5.73 Å². The van der Waals surface area contributed by atoms with Crippen LogP contribution in [0.1, 0.15) is 25.1 Å². The number of anilines is 1. The lowest BCUT2D eigenvalue weighted by molar-refractivity contribution is 0.629. The van der Waals surface area contributed by atoms with Crippen LogP contribution in [-0.2, 0) is 13.1 Å². The van der Waals surface area contributed by atoms with E-state index in [4.69, 9.17) is 5.73 Å². The Kier molecular flexibility index (Phi) is 5.91. The van der Waals surface area contributed by atoms with Crippen LogP contribution in [0.25, 0.3) is 11.0 Å². The molecular formula is C20H22N8O. The quantitative estimate of drug-likeness (QED) is 0.616. The van der Waals surface area contributed by atoms with Gasteiger partial charge >= 0.3 is 0 Å². The predicted molar refractivity (Wildman–Crippen MR) is 110 cm³/mol. The van der Waals surface area contributed by atoms with E-state index in [1.807, 2.05) is 18.9 Å². The van der Waals surface area contributed by atoms with E-state index in [0.717, 1.165) is 0 Å². The minimum atomic E-state index is -0.317. The van der Waals surface area contributed by atoms with Crippen LogP contribution in [0.2, 0.25) is 0 Å². The molecule has 29 heavy (non-hydrogen) atoms. The van der Waals surface area contributed by atoms with Crippen molar-refractivity contribution in [3.05, 3.63) is 46.1 Å². The van der Waals surface area contributed by atoms with Gasteiger partial charge < -0.3 is 10.6 Å². The average Bonchev–Trinajstić information content (AvgIpc) is 3.08. The molecule has 1 atom stereocenters. The molecule has 3 rings (SSSR count). The number of nitriles is 1. The van der Waals surface area contributed by atoms with Gasteiger partial charge in [-0.15, -0.1) is 5.92 Å². The zero-order chi connectivity index (χ0) is 21.0. The van der Waals surface area contributed by atoms with E-state index in [1.165, 1.54) is 4.68 Å². The Morgan fingerprint density at radius 2 is 2.21 bits per heavy atom. The Balaban J connectivity index is 2.14. The summed E-state index contributed by atoms with van der Waals surface area (Å²) in [5.41, 5.74) is 7.39. The summed E-state index contributed by atoms with van der Waals surface area (Å²) < 4.78 is 3.07. The molecule has 0 radical (unpaired) electrons. The molecule has 0 aliphatic carbocycles. The molecule has 0 aliphatic rings. The number of rotatable bonds is 6. The fourth-order valence-corrected chi connectivity index (χ4v) is 3.11. The smallest absolute Gasteiger partial charge is 0.293 e. The van der Waals surface area contributed by atoms with Crippen LogP contribution in [0.4, 0.5) is 5.95 Å². The highest BCUT2D eigenvalue weighted by molar-refractivity contribution is 5.77. The number of nitrogens with zero attached hydrogens (tertiary/aromatic N) is 7. The second-order valence-corrected chi connectivity index (χ2v) is 6.73. The SMILES string of the molecule is CC#CCn1c(N(C)CC(C)N)nc2cnn(Cc3ncccc3C#N)c(=O)c21. The molecule has 0 amide bonds. The van der Waals surface area contributed by atoms with Crippen molar-refractivity contribution in [3.8, 4) is 17.9 Å². The molecule has 0 bridgehead atoms. The number of nitrogens with two attached hydrogens (primary N) is 1. The predicted octanol–water partition coefficient (Wildman–Crippen LogP) is 0.715. The third-order valence-corrected chi connectivity index (χ3v) is 4.36. The molecule has 0 aromatic carbocycles. The van der Waals surface area contributed by atoms with E-state index >= 15 is 0 Å². The van der Waals surface area contributed by atoms with Gasteiger partial charge in [-0.25, -0.2) is 9.67 Å². The normalized spacial score (nSPS) is 11.6. The Morgan fingerprint density at radius 3 is 2.90 bits per heavy atom. The lowest BCUT2D eigenvalue weighted by Crippen LogP contribution is -2.34. The van der Waals surface area contributed by atoms with Gasteiger partial charge in [-0.05, 0) is 26.0 Å². The average molecular weight is 390 g/mol. The molecule has 0 spiro atoms. The lowest BCUT2D eigenvalue weighted by atomic mass is 10.2. The summed E-state index contributed by atoms with van der Waals surface area (Å²) in [4.78, 5) is 23.9. The lowest BCUT2D eigenvalue weighted by Gasteiger charge is -2.20. The molecule has 9 nitrogen and oxygen atoms in total. The largest absolute Gasteiger partial charge is 0.344 e. The highest BCUT2D eigenvalue weighted by Crippen LogP contribution is 2.19. The Hall–Kier alpha value is -3.69. The van der Waals surface area contributed by atoms with E-state index in [2.05, 4.69) is 33.0 Å². The Labute approximate surface area is 168 Å². The molecular weight excluding hydrogens is 368 g/mol. The van der Waals surface area contributed by atoms with Crippen LogP contribution in [0, 0.1) is 23.2 Å². The maximum absolute atomic E-state index is 13.2. The highest BCUT2D eigenvalue weighted by atomic mass is 16.1. The van der Waals surface area contributed by atoms with Gasteiger partial charge in [-0.2, -0.15) is 10.4 Å². The van der Waals surface area contributed by atoms with Gasteiger partial charge in [-0.3, -0.25) is 14.3 Å². The van der Waals surface area contributed by atoms with Crippen LogP contribution >= 0.6 is 0 Å². The van der Waals surface area contributed by atoms with Crippen molar-refractivity contribution in [1.82, 2.24) is 24.3 Å². The molecule has 2 N–H and O–H groups in total. The minimum absolute atomic E-state index is 0.0612. The van der Waals surface area contributed by atoms with Gasteiger partial charge in [0, 0.05) is 25.8 Å². The molecule has 3 aromatic rings. The number of hydrogen-bond acceptors (Lipinski definition) is 7. The van der Waals surface area contributed by atoms with Crippen molar-refractivity contribution in [3.63, 3.8) is 0 Å². The first-order chi connectivity index (χ1) is 14.0. The maximum Gasteiger partial charge on any atom is 0.293 e. The number of hydrogen-bond donors (Lipinski definition) is 1. The molecule has 1 unspecified atom stereocenters. The molecule has 0 saturated heterocycles. The van der Waals surface area contributed by atoms with E-state index in [9.17, 15) is 10.1 Å². The Bertz CT molecular complexity index is 1190. The highest BCUT2D eigenvalue weighted by Gasteiger charge is 2.19. The molecule has 0 fully saturated rings. The number of fused-ring (bicyclic) bond motifs is 1. The standard InChI is InChI=1S/C20H22N8O/c1-4-5-9-27-18-16(25-20(27)26(3)12-14(2)22)11-24-28(19(18)29)13-17-15(10-21)7-6-8-23-17/h6-8,11,14H,9,12-13,22H2,1-3H3. The maximum atomic E-state index is 13.2. The van der Waals surface area contributed by atoms with Crippen LogP contribution in [0.15, 0.2) is 29.3 Å². The van der Waals surface area contributed by atoms with Crippen molar-refractivity contribution in [2.45, 2.75) is 33.0 Å². The van der Waals surface area contributed by atoms with Gasteiger partial charge in [0.05, 0.1) is 30.5 Å². The van der Waals surface area contributed by atoms with Gasteiger partial charge in [0.1, 0.15) is 17.1 Å². The number of likely N-dealkylation sites (N-methyl/N-ethyl adjacent to an activating group) is 1. The van der Waals surface area contributed by atoms with Crippen LogP contribution in [-0.4, -0.2) is 43.9 Å². The van der Waals surface area contributed by atoms with Gasteiger partial charge in [-0.1, -0.05) is 5.92 Å². The fourth-order valence-electron chi connectivity index (χ4n) is 3.11. The van der Waals surface area contributed by atoms with Crippen LogP contribution in [0.3, 0.4) is 0 Å². The van der Waals surface area contributed by atoms with Crippen molar-refractivity contribution in [1.29, 1.82) is 5.26 Å². The van der Waals surface area contributed by atoms with Crippen molar-refractivity contribution >= 4 is 17.0 Å². The summed E-state index contributed by atoms with van der Waals surface area (Å²) in [7, 11) is 1.87. The zero-order valence-electron chi connectivity index (χ0n) is 16.6. The summed E-state index contributed by atoms with van der Waals surface area (Å²) in [5.74, 6) is 6.46. The minimum Gasteiger partial charge on any atom is -0.344 e. The zero-order valence-corrected chi connectivity index (χ0v) is 16.6. The number of imidazole rings is 1. The molecule has 148 valence electrons. The van der Waals surface area contributed by atoms with Crippen LogP contribution < -0.4 is 16.2 Å². The molecule has 9 heteroatoms. The van der Waals surface area contributed by atoms with E-state index in [1.54, 1.807) is 36.0 Å². The monoisotopic (exact) mass is 390 g/mol. The summed E-state index contributed by atoms with van der Waals surface area (Å²) in [5, 5.41) is 13.5. The summed E-state index contributed by atoms with van der Waals surface area (Å²) in [6.07, 6.45) is 3.13. The topological polar surface area (TPSA) is 119 Å². The summed E-state index contributed by atoms with van der Waals surface area (Å²) in [6.45, 7) is 4.63. The van der Waals surface area contributed by atoms with E-state index in [-0.39, 0.29) is 18.1 Å². The fraction of sp³-hybridized carbons (Fsp3) is 0.350. The Morgan fingerprint density at radius 1 is 1.41 bits per heavy atom. The van der Waals surface area contributed by atoms with Crippen molar-refractivity contribution in [2.75, 3.05) is 18.5 Å². The first-order valence-corrected chi connectivity index (χ1v) is 9.13. The summed E-state index contributed by atoms with van der Waals surface area (Å²) in [6, 6.07) is 5.37. The molecule has 0 aliphatic heterocycles. The first kappa shape index (κ1) is 20.1. The third-order valence-electron chi connectivity index (χ3n) is 4.36. The molecule has 3 heterocycles. The first-order valence-electron chi connectivity index (χ1n) is 9.13. The van der Waals surface area contributed by atoms with Crippen LogP contribution in [0.5, 0.6) is 0 Å². The van der Waals surface area contributed by atoms with Gasteiger partial charge in [0.25, 0.3) is 5.56 Å². The van der Waals surface area contributed by atoms with E-state index in [0.29, 0.717) is 41.3 Å².